The number of carboxylic acid groups (broad SMARTS) is 1. The van der Waals surface area contributed by atoms with Gasteiger partial charge in [0.25, 0.3) is 11.8 Å². The number of thioether (sulfide) groups is 1. The average molecular weight is 424 g/mol. The number of hydrogen-bond donors (Lipinski definition) is 3. The zero-order valence-electron chi connectivity index (χ0n) is 15.0. The van der Waals surface area contributed by atoms with E-state index in [1.165, 1.54) is 31.2 Å². The Balaban J connectivity index is 1.77. The summed E-state index contributed by atoms with van der Waals surface area (Å²) in [5, 5.41) is 15.0. The first kappa shape index (κ1) is 20.3. The van der Waals surface area contributed by atoms with Gasteiger partial charge in [0.1, 0.15) is 30.8 Å². The molecule has 13 heteroatoms. The second kappa shape index (κ2) is 8.26. The summed E-state index contributed by atoms with van der Waals surface area (Å²) in [5.74, 6) is -2.38. The minimum Gasteiger partial charge on any atom is -0.477 e. The third kappa shape index (κ3) is 3.89. The van der Waals surface area contributed by atoms with E-state index in [0.29, 0.717) is 0 Å². The van der Waals surface area contributed by atoms with Crippen LogP contribution in [0, 0.1) is 0 Å². The molecule has 2 aliphatic rings. The van der Waals surface area contributed by atoms with Crippen LogP contribution in [0.1, 0.15) is 5.76 Å². The number of carboxylic acids is 1. The number of fused-ring (bicyclic) bond motifs is 1. The molecule has 29 heavy (non-hydrogen) atoms. The Morgan fingerprint density at radius 3 is 2.83 bits per heavy atom. The first-order chi connectivity index (χ1) is 13.8. The summed E-state index contributed by atoms with van der Waals surface area (Å²) in [6.07, 6.45) is 0.290. The van der Waals surface area contributed by atoms with Gasteiger partial charge in [-0.05, 0) is 12.1 Å². The van der Waals surface area contributed by atoms with E-state index in [9.17, 15) is 24.3 Å². The lowest BCUT2D eigenvalue weighted by atomic mass is 10.0. The van der Waals surface area contributed by atoms with E-state index >= 15 is 0 Å². The molecular formula is C16H16N4O8S. The maximum Gasteiger partial charge on any atom is 0.404 e. The number of primary amides is 1. The van der Waals surface area contributed by atoms with E-state index in [2.05, 4.69) is 20.0 Å². The Morgan fingerprint density at radius 2 is 2.24 bits per heavy atom. The minimum atomic E-state index is -1.35. The molecule has 0 bridgehead atoms. The van der Waals surface area contributed by atoms with Gasteiger partial charge in [-0.25, -0.2) is 9.59 Å². The van der Waals surface area contributed by atoms with Crippen molar-refractivity contribution in [3.63, 3.8) is 0 Å². The third-order valence-electron chi connectivity index (χ3n) is 4.08. The number of furan rings is 1. The first-order valence-corrected chi connectivity index (χ1v) is 9.18. The lowest BCUT2D eigenvalue weighted by Gasteiger charge is -2.49. The summed E-state index contributed by atoms with van der Waals surface area (Å²) in [6, 6.07) is 2.08. The first-order valence-electron chi connectivity index (χ1n) is 8.13. The average Bonchev–Trinajstić information content (AvgIpc) is 3.21. The molecule has 0 unspecified atom stereocenters. The van der Waals surface area contributed by atoms with Gasteiger partial charge in [0, 0.05) is 11.3 Å². The van der Waals surface area contributed by atoms with Gasteiger partial charge in [0.05, 0.1) is 6.26 Å². The van der Waals surface area contributed by atoms with Crippen LogP contribution in [0.3, 0.4) is 0 Å². The van der Waals surface area contributed by atoms with Gasteiger partial charge in [0.15, 0.2) is 5.76 Å². The number of aliphatic carboxylic acids is 1. The van der Waals surface area contributed by atoms with Crippen molar-refractivity contribution in [2.24, 2.45) is 10.9 Å². The van der Waals surface area contributed by atoms with Crippen molar-refractivity contribution >= 4 is 41.4 Å². The Labute approximate surface area is 167 Å². The van der Waals surface area contributed by atoms with E-state index in [4.69, 9.17) is 10.2 Å². The molecule has 0 aromatic carbocycles. The number of nitrogens with one attached hydrogen (secondary N) is 1. The number of nitrogens with two attached hydrogens (primary N) is 1. The van der Waals surface area contributed by atoms with Crippen LogP contribution in [0.15, 0.2) is 39.2 Å². The summed E-state index contributed by atoms with van der Waals surface area (Å²) in [5.41, 5.74) is 4.68. The van der Waals surface area contributed by atoms with Crippen molar-refractivity contribution in [2.75, 3.05) is 19.5 Å². The molecule has 2 aliphatic heterocycles. The normalized spacial score (nSPS) is 21.2. The zero-order valence-corrected chi connectivity index (χ0v) is 15.8. The number of ether oxygens (including phenoxy) is 1. The molecule has 2 atom stereocenters. The van der Waals surface area contributed by atoms with Crippen molar-refractivity contribution in [3.05, 3.63) is 35.4 Å². The highest BCUT2D eigenvalue weighted by molar-refractivity contribution is 8.00. The molecule has 4 N–H and O–H groups in total. The van der Waals surface area contributed by atoms with Gasteiger partial charge in [-0.1, -0.05) is 5.16 Å². The van der Waals surface area contributed by atoms with Crippen molar-refractivity contribution in [1.82, 2.24) is 10.2 Å². The highest BCUT2D eigenvalue weighted by atomic mass is 32.2. The molecule has 3 rings (SSSR count). The third-order valence-corrected chi connectivity index (χ3v) is 5.42. The van der Waals surface area contributed by atoms with Crippen molar-refractivity contribution in [1.29, 1.82) is 0 Å². The predicted molar refractivity (Wildman–Crippen MR) is 97.5 cm³/mol. The van der Waals surface area contributed by atoms with Crippen LogP contribution in [0.5, 0.6) is 0 Å². The molecule has 3 amide bonds. The van der Waals surface area contributed by atoms with Gasteiger partial charge < -0.3 is 30.1 Å². The molecule has 0 spiro atoms. The second-order valence-electron chi connectivity index (χ2n) is 5.83. The summed E-state index contributed by atoms with van der Waals surface area (Å²) in [7, 11) is 1.25. The van der Waals surface area contributed by atoms with Gasteiger partial charge in [-0.15, -0.1) is 11.8 Å². The molecule has 1 fully saturated rings. The van der Waals surface area contributed by atoms with Crippen LogP contribution >= 0.6 is 11.8 Å². The SMILES string of the molecule is CO/N=C(\C(=O)N[C@H]1C(=O)N2C(C(=O)O)=C(COC(N)=O)CS[C@@H]12)c1ccco1. The fourth-order valence-electron chi connectivity index (χ4n) is 2.87. The maximum absolute atomic E-state index is 12.6. The van der Waals surface area contributed by atoms with Crippen LogP contribution in [0.2, 0.25) is 0 Å². The van der Waals surface area contributed by atoms with Crippen LogP contribution in [-0.4, -0.2) is 70.5 Å². The van der Waals surface area contributed by atoms with E-state index < -0.39 is 35.3 Å². The fraction of sp³-hybridized carbons (Fsp3) is 0.312. The highest BCUT2D eigenvalue weighted by Gasteiger charge is 2.54. The number of nitrogens with zero attached hydrogens (tertiary/aromatic N) is 2. The minimum absolute atomic E-state index is 0.140. The molecule has 3 heterocycles. The quantitative estimate of drug-likeness (QED) is 0.295. The molecule has 0 aliphatic carbocycles. The van der Waals surface area contributed by atoms with Crippen LogP contribution < -0.4 is 11.1 Å². The van der Waals surface area contributed by atoms with Gasteiger partial charge in [0.2, 0.25) is 5.71 Å². The number of hydrogen-bond acceptors (Lipinski definition) is 9. The summed E-state index contributed by atoms with van der Waals surface area (Å²) < 4.78 is 9.79. The standard InChI is InChI=1S/C16H16N4O8S/c1-26-19-9(8-3-2-4-27-8)12(21)18-10-13(22)20-11(15(23)24)7(5-28-16(17)25)6-29-14(10)20/h2-4,10,14H,5-6H2,1H3,(H2,17,25)(H,18,21)(H,23,24)/b19-9-/t10-,14-/m0/s1. The van der Waals surface area contributed by atoms with E-state index in [-0.39, 0.29) is 35.1 Å². The summed E-state index contributed by atoms with van der Waals surface area (Å²) in [6.45, 7) is -0.347. The van der Waals surface area contributed by atoms with Gasteiger partial charge in [-0.2, -0.15) is 0 Å². The predicted octanol–water partition coefficient (Wildman–Crippen LogP) is -0.536. The van der Waals surface area contributed by atoms with Gasteiger partial charge in [-0.3, -0.25) is 14.5 Å². The molecule has 1 aromatic rings. The number of carbonyl (C=O) groups is 4. The van der Waals surface area contributed by atoms with Crippen LogP contribution in [0.4, 0.5) is 4.79 Å². The van der Waals surface area contributed by atoms with E-state index in [1.54, 1.807) is 6.07 Å². The van der Waals surface area contributed by atoms with E-state index in [1.807, 2.05) is 0 Å². The molecular weight excluding hydrogens is 408 g/mol. The second-order valence-corrected chi connectivity index (χ2v) is 6.93. The smallest absolute Gasteiger partial charge is 0.404 e. The fourth-order valence-corrected chi connectivity index (χ4v) is 4.19. The van der Waals surface area contributed by atoms with E-state index in [0.717, 1.165) is 4.90 Å². The lowest BCUT2D eigenvalue weighted by molar-refractivity contribution is -0.150. The van der Waals surface area contributed by atoms with Crippen molar-refractivity contribution in [2.45, 2.75) is 11.4 Å². The Morgan fingerprint density at radius 1 is 1.48 bits per heavy atom. The lowest BCUT2D eigenvalue weighted by Crippen LogP contribution is -2.71. The monoisotopic (exact) mass is 424 g/mol. The number of β-lactam (4-membered cyclic amide) rings is 1. The molecule has 0 saturated carbocycles. The largest absolute Gasteiger partial charge is 0.477 e. The number of amides is 3. The molecule has 12 nitrogen and oxygen atoms in total. The number of oxime groups is 1. The number of carbonyl (C=O) groups excluding carboxylic acids is 3. The summed E-state index contributed by atoms with van der Waals surface area (Å²) in [4.78, 5) is 53.3. The Bertz CT molecular complexity index is 910. The maximum atomic E-state index is 12.6. The van der Waals surface area contributed by atoms with Crippen molar-refractivity contribution in [3.8, 4) is 0 Å². The van der Waals surface area contributed by atoms with Crippen LogP contribution in [-0.2, 0) is 24.0 Å². The molecule has 154 valence electrons. The Hall–Kier alpha value is -3.48. The summed E-state index contributed by atoms with van der Waals surface area (Å²) >= 11 is 1.21. The molecule has 1 saturated heterocycles. The van der Waals surface area contributed by atoms with Crippen molar-refractivity contribution < 1.29 is 38.3 Å². The highest BCUT2D eigenvalue weighted by Crippen LogP contribution is 2.40. The Kier molecular flexibility index (Phi) is 5.77. The number of rotatable bonds is 7. The zero-order chi connectivity index (χ0) is 21.1. The van der Waals surface area contributed by atoms with Gasteiger partial charge >= 0.3 is 12.1 Å². The topological polar surface area (TPSA) is 174 Å². The van der Waals surface area contributed by atoms with Crippen LogP contribution in [0.25, 0.3) is 0 Å². The molecule has 0 radical (unpaired) electrons. The molecule has 1 aromatic heterocycles.